The third-order valence-electron chi connectivity index (χ3n) is 3.22. The lowest BCUT2D eigenvalue weighted by atomic mass is 10.2. The second-order valence-corrected chi connectivity index (χ2v) is 4.96. The summed E-state index contributed by atoms with van der Waals surface area (Å²) in [5.74, 6) is 0.884. The summed E-state index contributed by atoms with van der Waals surface area (Å²) in [6.45, 7) is 1.72. The molecule has 0 fully saturated rings. The van der Waals surface area contributed by atoms with Crippen LogP contribution in [0, 0.1) is 0 Å². The smallest absolute Gasteiger partial charge is 0.326 e. The molecule has 1 atom stereocenters. The highest BCUT2D eigenvalue weighted by molar-refractivity contribution is 5.58. The van der Waals surface area contributed by atoms with E-state index in [1.54, 1.807) is 6.26 Å². The number of para-hydroxylation sites is 1. The van der Waals surface area contributed by atoms with Gasteiger partial charge in [-0.1, -0.05) is 18.2 Å². The molecule has 2 heterocycles. The third-order valence-corrected chi connectivity index (χ3v) is 3.22. The maximum Gasteiger partial charge on any atom is 0.326 e. The van der Waals surface area contributed by atoms with E-state index >= 15 is 0 Å². The predicted molar refractivity (Wildman–Crippen MR) is 70.1 cm³/mol. The summed E-state index contributed by atoms with van der Waals surface area (Å²) >= 11 is 0. The second-order valence-electron chi connectivity index (χ2n) is 4.96. The van der Waals surface area contributed by atoms with Crippen LogP contribution in [0.2, 0.25) is 0 Å². The van der Waals surface area contributed by atoms with E-state index < -0.39 is 0 Å². The Balaban J connectivity index is 1.69. The lowest BCUT2D eigenvalue weighted by Crippen LogP contribution is -2.35. The van der Waals surface area contributed by atoms with E-state index in [-0.39, 0.29) is 6.41 Å². The van der Waals surface area contributed by atoms with Crippen molar-refractivity contribution in [1.82, 2.24) is 4.90 Å². The lowest BCUT2D eigenvalue weighted by Gasteiger charge is -2.25. The number of fused-ring (bicyclic) bond motifs is 1. The molecular formula is C14H18N2O2. The van der Waals surface area contributed by atoms with Crippen LogP contribution in [0.25, 0.3) is 0 Å². The van der Waals surface area contributed by atoms with Gasteiger partial charge < -0.3 is 19.3 Å². The molecule has 4 heteroatoms. The summed E-state index contributed by atoms with van der Waals surface area (Å²) in [4.78, 5) is 4.24. The predicted octanol–water partition coefficient (Wildman–Crippen LogP) is 1.78. The third kappa shape index (κ3) is 2.04. The Morgan fingerprint density at radius 1 is 1.33 bits per heavy atom. The van der Waals surface area contributed by atoms with Crippen molar-refractivity contribution in [2.75, 3.05) is 32.1 Å². The summed E-state index contributed by atoms with van der Waals surface area (Å²) in [5, 5.41) is 0. The number of ether oxygens (including phenoxy) is 2. The maximum atomic E-state index is 5.84. The second kappa shape index (κ2) is 4.53. The van der Waals surface area contributed by atoms with Gasteiger partial charge in [-0.05, 0) is 32.1 Å². The first kappa shape index (κ1) is 11.4. The maximum absolute atomic E-state index is 5.84. The fourth-order valence-electron chi connectivity index (χ4n) is 2.43. The number of benzene rings is 1. The Labute approximate surface area is 107 Å². The quantitative estimate of drug-likeness (QED) is 0.811. The summed E-state index contributed by atoms with van der Waals surface area (Å²) in [5.41, 5.74) is 2.59. The Kier molecular flexibility index (Phi) is 2.88. The molecule has 0 amide bonds. The Morgan fingerprint density at radius 2 is 2.17 bits per heavy atom. The number of hydrogen-bond acceptors (Lipinski definition) is 4. The van der Waals surface area contributed by atoms with Crippen molar-refractivity contribution in [1.29, 1.82) is 0 Å². The van der Waals surface area contributed by atoms with Crippen LogP contribution >= 0.6 is 0 Å². The van der Waals surface area contributed by atoms with E-state index in [1.807, 2.05) is 14.1 Å². The van der Waals surface area contributed by atoms with Gasteiger partial charge in [0.05, 0.1) is 6.54 Å². The van der Waals surface area contributed by atoms with Crippen LogP contribution in [0.1, 0.15) is 5.56 Å². The van der Waals surface area contributed by atoms with Crippen LogP contribution in [0.5, 0.6) is 0 Å². The van der Waals surface area contributed by atoms with Crippen molar-refractivity contribution in [2.45, 2.75) is 12.8 Å². The molecule has 18 heavy (non-hydrogen) atoms. The van der Waals surface area contributed by atoms with E-state index in [9.17, 15) is 0 Å². The van der Waals surface area contributed by atoms with Crippen molar-refractivity contribution in [2.24, 2.45) is 0 Å². The van der Waals surface area contributed by atoms with Crippen molar-refractivity contribution in [3.05, 3.63) is 41.9 Å². The minimum absolute atomic E-state index is 0.302. The number of rotatable bonds is 3. The van der Waals surface area contributed by atoms with E-state index in [0.717, 1.165) is 25.3 Å². The molecule has 2 aliphatic heterocycles. The van der Waals surface area contributed by atoms with Gasteiger partial charge in [0.1, 0.15) is 6.26 Å². The molecule has 0 bridgehead atoms. The van der Waals surface area contributed by atoms with Gasteiger partial charge in [-0.15, -0.1) is 0 Å². The van der Waals surface area contributed by atoms with Gasteiger partial charge in [0.15, 0.2) is 5.76 Å². The summed E-state index contributed by atoms with van der Waals surface area (Å²) in [7, 11) is 4.03. The first-order valence-electron chi connectivity index (χ1n) is 6.24. The van der Waals surface area contributed by atoms with Gasteiger partial charge in [-0.2, -0.15) is 0 Å². The van der Waals surface area contributed by atoms with Gasteiger partial charge >= 0.3 is 6.41 Å². The molecule has 96 valence electrons. The normalized spacial score (nSPS) is 21.6. The van der Waals surface area contributed by atoms with E-state index in [0.29, 0.717) is 0 Å². The molecule has 0 aromatic heterocycles. The fraction of sp³-hybridized carbons (Fsp3) is 0.429. The molecule has 0 saturated heterocycles. The van der Waals surface area contributed by atoms with Gasteiger partial charge in [0.2, 0.25) is 0 Å². The Hall–Kier alpha value is -1.68. The monoisotopic (exact) mass is 246 g/mol. The van der Waals surface area contributed by atoms with E-state index in [2.05, 4.69) is 34.1 Å². The first-order valence-corrected chi connectivity index (χ1v) is 6.24. The van der Waals surface area contributed by atoms with Gasteiger partial charge in [-0.3, -0.25) is 0 Å². The van der Waals surface area contributed by atoms with Crippen molar-refractivity contribution in [3.8, 4) is 0 Å². The van der Waals surface area contributed by atoms with Gasteiger partial charge in [0, 0.05) is 12.2 Å². The number of likely N-dealkylation sites (N-methyl/N-ethyl adjacent to an activating group) is 1. The van der Waals surface area contributed by atoms with Crippen LogP contribution in [-0.4, -0.2) is 38.5 Å². The molecule has 0 saturated carbocycles. The van der Waals surface area contributed by atoms with Crippen molar-refractivity contribution >= 4 is 5.69 Å². The highest BCUT2D eigenvalue weighted by Crippen LogP contribution is 2.32. The fourth-order valence-corrected chi connectivity index (χ4v) is 2.43. The van der Waals surface area contributed by atoms with Crippen LogP contribution in [0.3, 0.4) is 0 Å². The number of hydrogen-bond donors (Lipinski definition) is 0. The van der Waals surface area contributed by atoms with Gasteiger partial charge in [-0.25, -0.2) is 0 Å². The molecule has 0 N–H and O–H groups in total. The standard InChI is InChI=1S/C14H18N2O2/c1-15(2)9-12-10-17-14(18-12)16-8-7-11-5-3-4-6-13(11)16/h3-6,10,14H,7-9H2,1-2H3. The summed E-state index contributed by atoms with van der Waals surface area (Å²) in [6, 6.07) is 8.42. The van der Waals surface area contributed by atoms with Crippen LogP contribution in [0.4, 0.5) is 5.69 Å². The zero-order chi connectivity index (χ0) is 12.5. The molecule has 0 aliphatic carbocycles. The number of nitrogens with zero attached hydrogens (tertiary/aromatic N) is 2. The van der Waals surface area contributed by atoms with Crippen molar-refractivity contribution < 1.29 is 9.47 Å². The highest BCUT2D eigenvalue weighted by atomic mass is 16.7. The molecule has 1 unspecified atom stereocenters. The molecule has 1 aromatic carbocycles. The zero-order valence-electron chi connectivity index (χ0n) is 10.8. The zero-order valence-corrected chi connectivity index (χ0v) is 10.8. The van der Waals surface area contributed by atoms with Gasteiger partial charge in [0.25, 0.3) is 0 Å². The summed E-state index contributed by atoms with van der Waals surface area (Å²) < 4.78 is 11.5. The van der Waals surface area contributed by atoms with Crippen LogP contribution < -0.4 is 4.90 Å². The minimum atomic E-state index is -0.302. The van der Waals surface area contributed by atoms with Crippen LogP contribution in [0.15, 0.2) is 36.3 Å². The molecule has 3 rings (SSSR count). The van der Waals surface area contributed by atoms with E-state index in [4.69, 9.17) is 9.47 Å². The average Bonchev–Trinajstić information content (AvgIpc) is 2.94. The Bertz CT molecular complexity index is 471. The molecule has 0 radical (unpaired) electrons. The first-order chi connectivity index (χ1) is 8.74. The van der Waals surface area contributed by atoms with Crippen molar-refractivity contribution in [3.63, 3.8) is 0 Å². The van der Waals surface area contributed by atoms with E-state index in [1.165, 1.54) is 11.3 Å². The average molecular weight is 246 g/mol. The minimum Gasteiger partial charge on any atom is -0.442 e. The molecule has 2 aliphatic rings. The molecule has 0 spiro atoms. The van der Waals surface area contributed by atoms with Crippen LogP contribution in [-0.2, 0) is 15.9 Å². The summed E-state index contributed by atoms with van der Waals surface area (Å²) in [6.07, 6.45) is 2.48. The molecule has 4 nitrogen and oxygen atoms in total. The molecular weight excluding hydrogens is 228 g/mol. The number of anilines is 1. The SMILES string of the molecule is CN(C)CC1=COC(N2CCc3ccccc32)O1. The highest BCUT2D eigenvalue weighted by Gasteiger charge is 2.31. The lowest BCUT2D eigenvalue weighted by molar-refractivity contribution is -0.0338. The molecule has 1 aromatic rings. The Morgan fingerprint density at radius 3 is 3.00 bits per heavy atom. The topological polar surface area (TPSA) is 24.9 Å². The largest absolute Gasteiger partial charge is 0.442 e.